The predicted octanol–water partition coefficient (Wildman–Crippen LogP) is 2.56. The van der Waals surface area contributed by atoms with Crippen molar-refractivity contribution < 1.29 is 13.9 Å². The summed E-state index contributed by atoms with van der Waals surface area (Å²) < 4.78 is 10.5. The number of carbonyl (C=O) groups excluding carboxylic acids is 1. The molecule has 0 aliphatic heterocycles. The molecule has 1 heterocycles. The Bertz CT molecular complexity index is 482. The van der Waals surface area contributed by atoms with Crippen molar-refractivity contribution in [1.29, 1.82) is 0 Å². The van der Waals surface area contributed by atoms with E-state index in [1.54, 1.807) is 13.2 Å². The summed E-state index contributed by atoms with van der Waals surface area (Å²) in [5, 5.41) is 0.842. The first kappa shape index (κ1) is 8.81. The minimum Gasteiger partial charge on any atom is -0.496 e. The van der Waals surface area contributed by atoms with E-state index >= 15 is 0 Å². The number of hydrogen-bond acceptors (Lipinski definition) is 3. The number of hydrogen-bond donors (Lipinski definition) is 0. The first-order chi connectivity index (χ1) is 6.76. The van der Waals surface area contributed by atoms with E-state index in [-0.39, 0.29) is 0 Å². The molecule has 2 aromatic rings. The van der Waals surface area contributed by atoms with Crippen LogP contribution in [0, 0.1) is 6.92 Å². The molecule has 0 unspecified atom stereocenters. The van der Waals surface area contributed by atoms with Crippen LogP contribution in [0.4, 0.5) is 0 Å². The molecule has 3 heteroatoms. The molecule has 0 N–H and O–H groups in total. The van der Waals surface area contributed by atoms with Crippen molar-refractivity contribution in [3.63, 3.8) is 0 Å². The summed E-state index contributed by atoms with van der Waals surface area (Å²) >= 11 is 0. The standard InChI is InChI=1S/C11H10O3/c1-7-3-4-10(13-2)9-5-8(6-12)14-11(7)9/h3-6H,1-2H3. The Morgan fingerprint density at radius 1 is 1.43 bits per heavy atom. The third-order valence-corrected chi connectivity index (χ3v) is 2.20. The predicted molar refractivity (Wildman–Crippen MR) is 52.9 cm³/mol. The van der Waals surface area contributed by atoms with Crippen LogP contribution in [-0.2, 0) is 0 Å². The maximum absolute atomic E-state index is 10.6. The number of rotatable bonds is 2. The maximum Gasteiger partial charge on any atom is 0.185 e. The highest BCUT2D eigenvalue weighted by molar-refractivity contribution is 5.91. The molecule has 3 nitrogen and oxygen atoms in total. The van der Waals surface area contributed by atoms with Gasteiger partial charge in [0.2, 0.25) is 0 Å². The van der Waals surface area contributed by atoms with Gasteiger partial charge in [0.15, 0.2) is 12.0 Å². The molecule has 2 rings (SSSR count). The Kier molecular flexibility index (Phi) is 2.00. The first-order valence-electron chi connectivity index (χ1n) is 4.28. The molecule has 0 saturated heterocycles. The third kappa shape index (κ3) is 1.18. The molecule has 0 bridgehead atoms. The van der Waals surface area contributed by atoms with Crippen molar-refractivity contribution in [2.24, 2.45) is 0 Å². The largest absolute Gasteiger partial charge is 0.496 e. The fraction of sp³-hybridized carbons (Fsp3) is 0.182. The smallest absolute Gasteiger partial charge is 0.185 e. The lowest BCUT2D eigenvalue weighted by Gasteiger charge is -2.01. The summed E-state index contributed by atoms with van der Waals surface area (Å²) in [7, 11) is 1.59. The van der Waals surface area contributed by atoms with Crippen molar-refractivity contribution in [2.45, 2.75) is 6.92 Å². The summed E-state index contributed by atoms with van der Waals surface area (Å²) in [6.07, 6.45) is 0.693. The van der Waals surface area contributed by atoms with Gasteiger partial charge in [-0.15, -0.1) is 0 Å². The van der Waals surface area contributed by atoms with Gasteiger partial charge in [-0.1, -0.05) is 6.07 Å². The molecule has 0 atom stereocenters. The van der Waals surface area contributed by atoms with Crippen LogP contribution in [0.25, 0.3) is 11.0 Å². The van der Waals surface area contributed by atoms with Gasteiger partial charge in [0.25, 0.3) is 0 Å². The van der Waals surface area contributed by atoms with E-state index in [1.807, 2.05) is 19.1 Å². The SMILES string of the molecule is COc1ccc(C)c2oc(C=O)cc12. The van der Waals surface area contributed by atoms with Crippen molar-refractivity contribution in [3.05, 3.63) is 29.5 Å². The molecule has 0 saturated carbocycles. The van der Waals surface area contributed by atoms with Gasteiger partial charge in [-0.2, -0.15) is 0 Å². The maximum atomic E-state index is 10.6. The second kappa shape index (κ2) is 3.18. The van der Waals surface area contributed by atoms with Crippen molar-refractivity contribution in [1.82, 2.24) is 0 Å². The Morgan fingerprint density at radius 2 is 2.21 bits per heavy atom. The van der Waals surface area contributed by atoms with Gasteiger partial charge >= 0.3 is 0 Å². The van der Waals surface area contributed by atoms with E-state index in [0.29, 0.717) is 17.6 Å². The molecule has 0 aliphatic carbocycles. The van der Waals surface area contributed by atoms with Crippen LogP contribution >= 0.6 is 0 Å². The highest BCUT2D eigenvalue weighted by Crippen LogP contribution is 2.30. The van der Waals surface area contributed by atoms with Gasteiger partial charge in [0, 0.05) is 0 Å². The monoisotopic (exact) mass is 190 g/mol. The average molecular weight is 190 g/mol. The highest BCUT2D eigenvalue weighted by atomic mass is 16.5. The van der Waals surface area contributed by atoms with Crippen LogP contribution in [0.15, 0.2) is 22.6 Å². The molecule has 1 aromatic carbocycles. The van der Waals surface area contributed by atoms with Gasteiger partial charge in [-0.3, -0.25) is 4.79 Å². The van der Waals surface area contributed by atoms with Crippen LogP contribution in [0.5, 0.6) is 5.75 Å². The third-order valence-electron chi connectivity index (χ3n) is 2.20. The summed E-state index contributed by atoms with van der Waals surface area (Å²) in [5.41, 5.74) is 1.71. The Labute approximate surface area is 81.3 Å². The van der Waals surface area contributed by atoms with Gasteiger partial charge < -0.3 is 9.15 Å². The Morgan fingerprint density at radius 3 is 2.86 bits per heavy atom. The first-order valence-corrected chi connectivity index (χ1v) is 4.28. The quantitative estimate of drug-likeness (QED) is 0.683. The average Bonchev–Trinajstić information content (AvgIpc) is 2.63. The zero-order chi connectivity index (χ0) is 10.1. The lowest BCUT2D eigenvalue weighted by molar-refractivity contribution is 0.110. The van der Waals surface area contributed by atoms with E-state index in [2.05, 4.69) is 0 Å². The number of methoxy groups -OCH3 is 1. The summed E-state index contributed by atoms with van der Waals surface area (Å²) in [6.45, 7) is 1.93. The van der Waals surface area contributed by atoms with E-state index in [9.17, 15) is 4.79 Å². The Hall–Kier alpha value is -1.77. The van der Waals surface area contributed by atoms with E-state index in [0.717, 1.165) is 16.7 Å². The van der Waals surface area contributed by atoms with Crippen LogP contribution in [0.2, 0.25) is 0 Å². The molecular formula is C11H10O3. The van der Waals surface area contributed by atoms with Gasteiger partial charge in [-0.05, 0) is 24.6 Å². The Balaban J connectivity index is 2.81. The minimum atomic E-state index is 0.326. The minimum absolute atomic E-state index is 0.326. The van der Waals surface area contributed by atoms with Crippen LogP contribution in [-0.4, -0.2) is 13.4 Å². The number of carbonyl (C=O) groups is 1. The number of aryl methyl sites for hydroxylation is 1. The lowest BCUT2D eigenvalue weighted by atomic mass is 10.1. The van der Waals surface area contributed by atoms with E-state index in [4.69, 9.17) is 9.15 Å². The van der Waals surface area contributed by atoms with Gasteiger partial charge in [-0.25, -0.2) is 0 Å². The highest BCUT2D eigenvalue weighted by Gasteiger charge is 2.09. The molecule has 0 aliphatic rings. The van der Waals surface area contributed by atoms with E-state index < -0.39 is 0 Å². The molecule has 0 radical (unpaired) electrons. The van der Waals surface area contributed by atoms with Crippen LogP contribution in [0.1, 0.15) is 16.1 Å². The molecule has 14 heavy (non-hydrogen) atoms. The van der Waals surface area contributed by atoms with Crippen LogP contribution < -0.4 is 4.74 Å². The number of ether oxygens (including phenoxy) is 1. The fourth-order valence-corrected chi connectivity index (χ4v) is 1.49. The fourth-order valence-electron chi connectivity index (χ4n) is 1.49. The summed E-state index contributed by atoms with van der Waals surface area (Å²) in [6, 6.07) is 5.45. The van der Waals surface area contributed by atoms with Crippen molar-refractivity contribution >= 4 is 17.3 Å². The summed E-state index contributed by atoms with van der Waals surface area (Å²) in [4.78, 5) is 10.6. The topological polar surface area (TPSA) is 39.4 Å². The molecule has 0 amide bonds. The lowest BCUT2D eigenvalue weighted by Crippen LogP contribution is -1.83. The van der Waals surface area contributed by atoms with Gasteiger partial charge in [0.1, 0.15) is 11.3 Å². The van der Waals surface area contributed by atoms with Crippen LogP contribution in [0.3, 0.4) is 0 Å². The van der Waals surface area contributed by atoms with Crippen molar-refractivity contribution in [2.75, 3.05) is 7.11 Å². The normalized spacial score (nSPS) is 10.4. The second-order valence-corrected chi connectivity index (χ2v) is 3.09. The molecule has 1 aromatic heterocycles. The molecule has 0 fully saturated rings. The summed E-state index contributed by atoms with van der Waals surface area (Å²) in [5.74, 6) is 1.05. The van der Waals surface area contributed by atoms with Crippen molar-refractivity contribution in [3.8, 4) is 5.75 Å². The molecule has 72 valence electrons. The van der Waals surface area contributed by atoms with Gasteiger partial charge in [0.05, 0.1) is 12.5 Å². The number of fused-ring (bicyclic) bond motifs is 1. The number of benzene rings is 1. The zero-order valence-corrected chi connectivity index (χ0v) is 8.03. The second-order valence-electron chi connectivity index (χ2n) is 3.09. The molecular weight excluding hydrogens is 180 g/mol. The zero-order valence-electron chi connectivity index (χ0n) is 8.03. The number of aldehydes is 1. The number of furan rings is 1. The molecule has 0 spiro atoms. The van der Waals surface area contributed by atoms with E-state index in [1.165, 1.54) is 0 Å².